The van der Waals surface area contributed by atoms with Crippen molar-refractivity contribution in [1.82, 2.24) is 4.72 Å². The smallest absolute Gasteiger partial charge is 0.339 e. The predicted molar refractivity (Wildman–Crippen MR) is 76.5 cm³/mol. The Kier molecular flexibility index (Phi) is 4.97. The van der Waals surface area contributed by atoms with Gasteiger partial charge in [0, 0.05) is 19.1 Å². The van der Waals surface area contributed by atoms with Gasteiger partial charge < -0.3 is 9.47 Å². The number of benzene rings is 1. The maximum Gasteiger partial charge on any atom is 0.339 e. The molecular weight excluding hydrogens is 294 g/mol. The van der Waals surface area contributed by atoms with E-state index in [1.165, 1.54) is 19.2 Å². The van der Waals surface area contributed by atoms with Crippen LogP contribution in [0.5, 0.6) is 0 Å². The third-order valence-corrected chi connectivity index (χ3v) is 5.13. The second kappa shape index (κ2) is 6.55. The molecule has 2 atom stereocenters. The molecule has 2 rings (SSSR count). The topological polar surface area (TPSA) is 81.7 Å². The summed E-state index contributed by atoms with van der Waals surface area (Å²) in [6.45, 7) is 2.86. The van der Waals surface area contributed by atoms with E-state index in [9.17, 15) is 13.2 Å². The van der Waals surface area contributed by atoms with E-state index in [1.807, 2.05) is 6.92 Å². The summed E-state index contributed by atoms with van der Waals surface area (Å²) in [5, 5.41) is 0. The molecule has 1 fully saturated rings. The summed E-state index contributed by atoms with van der Waals surface area (Å²) in [5.74, 6) is -0.529. The highest BCUT2D eigenvalue weighted by Crippen LogP contribution is 2.21. The van der Waals surface area contributed by atoms with Crippen LogP contribution in [0.2, 0.25) is 0 Å². The number of esters is 1. The molecule has 0 aromatic heterocycles. The number of rotatable bonds is 5. The van der Waals surface area contributed by atoms with Gasteiger partial charge in [-0.2, -0.15) is 0 Å². The van der Waals surface area contributed by atoms with Gasteiger partial charge in [0.15, 0.2) is 0 Å². The van der Waals surface area contributed by atoms with Crippen LogP contribution in [0.1, 0.15) is 23.7 Å². The molecule has 2 unspecified atom stereocenters. The van der Waals surface area contributed by atoms with Crippen molar-refractivity contribution in [3.05, 3.63) is 29.8 Å². The molecular formula is C14H19NO5S. The zero-order valence-corrected chi connectivity index (χ0v) is 12.9. The normalized spacial score (nSPS) is 22.2. The fourth-order valence-electron chi connectivity index (χ4n) is 2.32. The molecule has 1 aliphatic rings. The number of carbonyl (C=O) groups excluding carboxylic acids is 1. The van der Waals surface area contributed by atoms with Crippen molar-refractivity contribution in [2.45, 2.75) is 24.3 Å². The van der Waals surface area contributed by atoms with Crippen LogP contribution in [0.3, 0.4) is 0 Å². The Hall–Kier alpha value is -1.44. The third-order valence-electron chi connectivity index (χ3n) is 3.65. The Bertz CT molecular complexity index is 614. The first kappa shape index (κ1) is 15.9. The van der Waals surface area contributed by atoms with E-state index in [4.69, 9.17) is 4.74 Å². The van der Waals surface area contributed by atoms with Crippen molar-refractivity contribution >= 4 is 16.0 Å². The molecule has 0 saturated carbocycles. The highest BCUT2D eigenvalue weighted by molar-refractivity contribution is 7.89. The molecule has 7 heteroatoms. The van der Waals surface area contributed by atoms with E-state index in [2.05, 4.69) is 9.46 Å². The highest BCUT2D eigenvalue weighted by atomic mass is 32.2. The van der Waals surface area contributed by atoms with E-state index >= 15 is 0 Å². The lowest BCUT2D eigenvalue weighted by atomic mass is 10.0. The number of sulfonamides is 1. The van der Waals surface area contributed by atoms with Crippen molar-refractivity contribution in [2.24, 2.45) is 5.92 Å². The van der Waals surface area contributed by atoms with Gasteiger partial charge in [0.05, 0.1) is 23.7 Å². The Morgan fingerprint density at radius 1 is 1.43 bits per heavy atom. The van der Waals surface area contributed by atoms with Crippen LogP contribution in [-0.2, 0) is 19.5 Å². The molecule has 0 spiro atoms. The molecule has 21 heavy (non-hydrogen) atoms. The first-order valence-corrected chi connectivity index (χ1v) is 8.22. The second-order valence-electron chi connectivity index (χ2n) is 4.96. The fourth-order valence-corrected chi connectivity index (χ4v) is 3.61. The summed E-state index contributed by atoms with van der Waals surface area (Å²) in [7, 11) is -2.54. The van der Waals surface area contributed by atoms with Crippen LogP contribution >= 0.6 is 0 Å². The van der Waals surface area contributed by atoms with Gasteiger partial charge >= 0.3 is 5.97 Å². The largest absolute Gasteiger partial charge is 0.465 e. The van der Waals surface area contributed by atoms with Gasteiger partial charge in [0.1, 0.15) is 0 Å². The lowest BCUT2D eigenvalue weighted by molar-refractivity contribution is 0.0596. The third kappa shape index (κ3) is 3.61. The standard InChI is InChI=1S/C14H19NO5S/c1-10-11(7-8-20-10)9-15-21(17,18)13-6-4-3-5-12(13)14(16)19-2/h3-6,10-11,15H,7-9H2,1-2H3. The van der Waals surface area contributed by atoms with Crippen molar-refractivity contribution in [3.63, 3.8) is 0 Å². The van der Waals surface area contributed by atoms with E-state index in [-0.39, 0.29) is 22.5 Å². The van der Waals surface area contributed by atoms with Gasteiger partial charge in [0.2, 0.25) is 10.0 Å². The minimum atomic E-state index is -3.76. The van der Waals surface area contributed by atoms with Gasteiger partial charge in [0.25, 0.3) is 0 Å². The molecule has 1 aromatic carbocycles. The SMILES string of the molecule is COC(=O)c1ccccc1S(=O)(=O)NCC1CCOC1C. The van der Waals surface area contributed by atoms with Gasteiger partial charge in [-0.15, -0.1) is 0 Å². The van der Waals surface area contributed by atoms with Crippen molar-refractivity contribution in [2.75, 3.05) is 20.3 Å². The molecule has 0 bridgehead atoms. The van der Waals surface area contributed by atoms with Crippen molar-refractivity contribution < 1.29 is 22.7 Å². The Morgan fingerprint density at radius 2 is 2.14 bits per heavy atom. The highest BCUT2D eigenvalue weighted by Gasteiger charge is 2.28. The van der Waals surface area contributed by atoms with Crippen LogP contribution in [-0.4, -0.2) is 40.8 Å². The van der Waals surface area contributed by atoms with Crippen LogP contribution in [0.15, 0.2) is 29.2 Å². The van der Waals surface area contributed by atoms with Crippen LogP contribution < -0.4 is 4.72 Å². The number of methoxy groups -OCH3 is 1. The second-order valence-corrected chi connectivity index (χ2v) is 6.70. The molecule has 6 nitrogen and oxygen atoms in total. The summed E-state index contributed by atoms with van der Waals surface area (Å²) in [6, 6.07) is 5.99. The number of carbonyl (C=O) groups is 1. The number of nitrogens with one attached hydrogen (secondary N) is 1. The fraction of sp³-hybridized carbons (Fsp3) is 0.500. The first-order valence-electron chi connectivity index (χ1n) is 6.74. The molecule has 0 radical (unpaired) electrons. The lowest BCUT2D eigenvalue weighted by Gasteiger charge is -2.15. The van der Waals surface area contributed by atoms with E-state index in [1.54, 1.807) is 12.1 Å². The average molecular weight is 313 g/mol. The van der Waals surface area contributed by atoms with E-state index in [0.29, 0.717) is 13.2 Å². The summed E-state index contributed by atoms with van der Waals surface area (Å²) < 4.78 is 37.3. The summed E-state index contributed by atoms with van der Waals surface area (Å²) in [4.78, 5) is 11.6. The monoisotopic (exact) mass is 313 g/mol. The zero-order valence-electron chi connectivity index (χ0n) is 12.0. The molecule has 1 heterocycles. The average Bonchev–Trinajstić information content (AvgIpc) is 2.90. The Labute approximate surface area is 124 Å². The molecule has 1 N–H and O–H groups in total. The zero-order chi connectivity index (χ0) is 15.5. The number of hydrogen-bond donors (Lipinski definition) is 1. The summed E-state index contributed by atoms with van der Waals surface area (Å²) in [6.07, 6.45) is 0.853. The summed E-state index contributed by atoms with van der Waals surface area (Å²) >= 11 is 0. The summed E-state index contributed by atoms with van der Waals surface area (Å²) in [5.41, 5.74) is 0.0308. The van der Waals surface area contributed by atoms with Crippen LogP contribution in [0.4, 0.5) is 0 Å². The van der Waals surface area contributed by atoms with Crippen LogP contribution in [0.25, 0.3) is 0 Å². The maximum atomic E-state index is 12.4. The lowest BCUT2D eigenvalue weighted by Crippen LogP contribution is -2.32. The molecule has 0 aliphatic carbocycles. The van der Waals surface area contributed by atoms with Crippen LogP contribution in [0, 0.1) is 5.92 Å². The van der Waals surface area contributed by atoms with E-state index < -0.39 is 16.0 Å². The van der Waals surface area contributed by atoms with Gasteiger partial charge in [-0.25, -0.2) is 17.9 Å². The quantitative estimate of drug-likeness (QED) is 0.825. The Morgan fingerprint density at radius 3 is 2.76 bits per heavy atom. The maximum absolute atomic E-state index is 12.4. The minimum Gasteiger partial charge on any atom is -0.465 e. The molecule has 1 saturated heterocycles. The minimum absolute atomic E-state index is 0.0308. The van der Waals surface area contributed by atoms with Gasteiger partial charge in [-0.3, -0.25) is 0 Å². The van der Waals surface area contributed by atoms with E-state index in [0.717, 1.165) is 6.42 Å². The van der Waals surface area contributed by atoms with Crippen molar-refractivity contribution in [1.29, 1.82) is 0 Å². The Balaban J connectivity index is 2.18. The predicted octanol–water partition coefficient (Wildman–Crippen LogP) is 1.18. The molecule has 1 aliphatic heterocycles. The number of hydrogen-bond acceptors (Lipinski definition) is 5. The molecule has 116 valence electrons. The van der Waals surface area contributed by atoms with Gasteiger partial charge in [-0.1, -0.05) is 12.1 Å². The van der Waals surface area contributed by atoms with Crippen molar-refractivity contribution in [3.8, 4) is 0 Å². The first-order chi connectivity index (χ1) is 9.95. The molecule has 1 aromatic rings. The number of ether oxygens (including phenoxy) is 2. The molecule has 0 amide bonds. The van der Waals surface area contributed by atoms with Gasteiger partial charge in [-0.05, 0) is 25.5 Å².